The number of hydrogen-bond acceptors (Lipinski definition) is 8. The van der Waals surface area contributed by atoms with E-state index in [0.717, 1.165) is 12.8 Å². The SMILES string of the molecule is CCC(O)C(C)OCC(C)O.CCCCC(OC(=O)CCC(=O)O)C(C)OCC(C)O. The highest BCUT2D eigenvalue weighted by molar-refractivity contribution is 5.76. The Kier molecular flexibility index (Phi) is 20.0. The topological polar surface area (TPSA) is 143 Å². The van der Waals surface area contributed by atoms with E-state index in [1.165, 1.54) is 0 Å². The van der Waals surface area contributed by atoms with E-state index in [1.807, 2.05) is 13.8 Å². The molecule has 0 aliphatic carbocycles. The molecule has 0 aromatic carbocycles. The second-order valence-electron chi connectivity index (χ2n) is 7.81. The van der Waals surface area contributed by atoms with Crippen molar-refractivity contribution in [1.82, 2.24) is 0 Å². The van der Waals surface area contributed by atoms with Gasteiger partial charge in [-0.05, 0) is 47.0 Å². The summed E-state index contributed by atoms with van der Waals surface area (Å²) >= 11 is 0. The zero-order valence-electron chi connectivity index (χ0n) is 20.0. The Morgan fingerprint density at radius 1 is 0.839 bits per heavy atom. The van der Waals surface area contributed by atoms with Crippen LogP contribution in [-0.2, 0) is 23.8 Å². The maximum Gasteiger partial charge on any atom is 0.306 e. The van der Waals surface area contributed by atoms with Crippen LogP contribution in [0.2, 0.25) is 0 Å². The summed E-state index contributed by atoms with van der Waals surface area (Å²) in [5, 5.41) is 35.8. The molecule has 0 aromatic heterocycles. The van der Waals surface area contributed by atoms with Gasteiger partial charge in [-0.25, -0.2) is 0 Å². The third-order valence-electron chi connectivity index (χ3n) is 4.35. The third kappa shape index (κ3) is 20.4. The van der Waals surface area contributed by atoms with Gasteiger partial charge >= 0.3 is 11.9 Å². The van der Waals surface area contributed by atoms with Gasteiger partial charge in [-0.2, -0.15) is 0 Å². The van der Waals surface area contributed by atoms with Crippen LogP contribution < -0.4 is 0 Å². The van der Waals surface area contributed by atoms with E-state index in [9.17, 15) is 19.8 Å². The molecule has 0 saturated heterocycles. The average Bonchev–Trinajstić information content (AvgIpc) is 2.71. The molecule has 9 heteroatoms. The first kappa shape index (κ1) is 31.9. The molecule has 6 unspecified atom stereocenters. The molecule has 31 heavy (non-hydrogen) atoms. The van der Waals surface area contributed by atoms with Crippen molar-refractivity contribution in [3.05, 3.63) is 0 Å². The van der Waals surface area contributed by atoms with Crippen molar-refractivity contribution in [1.29, 1.82) is 0 Å². The third-order valence-corrected chi connectivity index (χ3v) is 4.35. The van der Waals surface area contributed by atoms with Crippen molar-refractivity contribution >= 4 is 11.9 Å². The number of esters is 1. The molecule has 0 aliphatic rings. The van der Waals surface area contributed by atoms with Crippen LogP contribution in [-0.4, -0.2) is 82.2 Å². The van der Waals surface area contributed by atoms with E-state index in [0.29, 0.717) is 12.8 Å². The summed E-state index contributed by atoms with van der Waals surface area (Å²) in [6.07, 6.45) is 0.448. The molecule has 0 aromatic rings. The molecule has 0 aliphatic heterocycles. The summed E-state index contributed by atoms with van der Waals surface area (Å²) in [7, 11) is 0. The number of aliphatic carboxylic acids is 1. The zero-order chi connectivity index (χ0) is 24.4. The molecule has 0 radical (unpaired) electrons. The number of carboxylic acids is 1. The Morgan fingerprint density at radius 2 is 1.35 bits per heavy atom. The molecule has 0 fully saturated rings. The van der Waals surface area contributed by atoms with Gasteiger partial charge in [-0.3, -0.25) is 9.59 Å². The highest BCUT2D eigenvalue weighted by Gasteiger charge is 2.22. The number of ether oxygens (including phenoxy) is 3. The van der Waals surface area contributed by atoms with Crippen molar-refractivity contribution < 1.29 is 44.2 Å². The Hall–Kier alpha value is -1.26. The lowest BCUT2D eigenvalue weighted by Crippen LogP contribution is -2.33. The fourth-order valence-corrected chi connectivity index (χ4v) is 2.36. The Balaban J connectivity index is 0. The van der Waals surface area contributed by atoms with E-state index < -0.39 is 36.4 Å². The van der Waals surface area contributed by atoms with Gasteiger partial charge < -0.3 is 34.6 Å². The molecule has 0 bridgehead atoms. The standard InChI is InChI=1S/C14H26O6.C8H18O3/c1-4-5-6-12(11(3)19-9-10(2)15)20-14(18)8-7-13(16)17;1-4-8(10)7(3)11-5-6(2)9/h10-12,15H,4-9H2,1-3H3,(H,16,17);6-10H,4-5H2,1-3H3. The highest BCUT2D eigenvalue weighted by atomic mass is 16.6. The van der Waals surface area contributed by atoms with Crippen molar-refractivity contribution in [2.45, 2.75) is 117 Å². The quantitative estimate of drug-likeness (QED) is 0.259. The van der Waals surface area contributed by atoms with E-state index in [2.05, 4.69) is 0 Å². The van der Waals surface area contributed by atoms with Crippen LogP contribution in [0.3, 0.4) is 0 Å². The van der Waals surface area contributed by atoms with Crippen molar-refractivity contribution in [2.24, 2.45) is 0 Å². The molecule has 0 amide bonds. The summed E-state index contributed by atoms with van der Waals surface area (Å²) in [5.74, 6) is -1.55. The van der Waals surface area contributed by atoms with Crippen molar-refractivity contribution in [3.63, 3.8) is 0 Å². The lowest BCUT2D eigenvalue weighted by Gasteiger charge is -2.25. The summed E-state index contributed by atoms with van der Waals surface area (Å²) < 4.78 is 15.9. The van der Waals surface area contributed by atoms with Gasteiger partial charge in [0, 0.05) is 0 Å². The lowest BCUT2D eigenvalue weighted by atomic mass is 10.1. The lowest BCUT2D eigenvalue weighted by molar-refractivity contribution is -0.160. The largest absolute Gasteiger partial charge is 0.481 e. The number of carbonyl (C=O) groups excluding carboxylic acids is 1. The fraction of sp³-hybridized carbons (Fsp3) is 0.909. The second kappa shape index (κ2) is 19.4. The molecule has 6 atom stereocenters. The molecular formula is C22H44O9. The fourth-order valence-electron chi connectivity index (χ4n) is 2.36. The Labute approximate surface area is 186 Å². The summed E-state index contributed by atoms with van der Waals surface area (Å²) in [5.41, 5.74) is 0. The molecule has 0 saturated carbocycles. The number of carbonyl (C=O) groups is 2. The minimum Gasteiger partial charge on any atom is -0.481 e. The van der Waals surface area contributed by atoms with Crippen LogP contribution >= 0.6 is 0 Å². The van der Waals surface area contributed by atoms with Crippen LogP contribution in [0, 0.1) is 0 Å². The first-order valence-electron chi connectivity index (χ1n) is 11.1. The normalized spacial score (nSPS) is 16.8. The Bertz CT molecular complexity index is 454. The van der Waals surface area contributed by atoms with Gasteiger partial charge in [0.1, 0.15) is 6.10 Å². The Morgan fingerprint density at radius 3 is 1.77 bits per heavy atom. The van der Waals surface area contributed by atoms with Crippen LogP contribution in [0.1, 0.15) is 80.1 Å². The maximum atomic E-state index is 11.6. The number of unbranched alkanes of at least 4 members (excludes halogenated alkanes) is 1. The van der Waals surface area contributed by atoms with Gasteiger partial charge in [0.05, 0.1) is 56.6 Å². The number of aliphatic hydroxyl groups excluding tert-OH is 3. The first-order chi connectivity index (χ1) is 14.4. The molecular weight excluding hydrogens is 408 g/mol. The average molecular weight is 453 g/mol. The molecule has 9 nitrogen and oxygen atoms in total. The minimum absolute atomic E-state index is 0.138. The smallest absolute Gasteiger partial charge is 0.306 e. The number of carboxylic acid groups (broad SMARTS) is 1. The first-order valence-corrected chi connectivity index (χ1v) is 11.1. The van der Waals surface area contributed by atoms with Crippen LogP contribution in [0.5, 0.6) is 0 Å². The molecule has 0 spiro atoms. The van der Waals surface area contributed by atoms with Gasteiger partial charge in [0.2, 0.25) is 0 Å². The molecule has 0 heterocycles. The number of hydrogen-bond donors (Lipinski definition) is 4. The predicted octanol–water partition coefficient (Wildman–Crippen LogP) is 2.28. The van der Waals surface area contributed by atoms with Gasteiger partial charge in [-0.1, -0.05) is 20.3 Å². The summed E-state index contributed by atoms with van der Waals surface area (Å²) in [4.78, 5) is 22.0. The van der Waals surface area contributed by atoms with Gasteiger partial charge in [0.15, 0.2) is 0 Å². The summed E-state index contributed by atoms with van der Waals surface area (Å²) in [6.45, 7) is 11.3. The predicted molar refractivity (Wildman–Crippen MR) is 117 cm³/mol. The molecule has 0 rings (SSSR count). The van der Waals surface area contributed by atoms with E-state index in [4.69, 9.17) is 24.4 Å². The monoisotopic (exact) mass is 452 g/mol. The number of rotatable bonds is 16. The van der Waals surface area contributed by atoms with E-state index in [-0.39, 0.29) is 38.3 Å². The minimum atomic E-state index is -1.02. The van der Waals surface area contributed by atoms with Crippen molar-refractivity contribution in [2.75, 3.05) is 13.2 Å². The zero-order valence-corrected chi connectivity index (χ0v) is 20.0. The van der Waals surface area contributed by atoms with Crippen molar-refractivity contribution in [3.8, 4) is 0 Å². The van der Waals surface area contributed by atoms with Gasteiger partial charge in [-0.15, -0.1) is 0 Å². The van der Waals surface area contributed by atoms with Crippen LogP contribution in [0.15, 0.2) is 0 Å². The summed E-state index contributed by atoms with van der Waals surface area (Å²) in [6, 6.07) is 0. The van der Waals surface area contributed by atoms with Crippen LogP contribution in [0.4, 0.5) is 0 Å². The maximum absolute atomic E-state index is 11.6. The molecule has 186 valence electrons. The second-order valence-corrected chi connectivity index (χ2v) is 7.81. The van der Waals surface area contributed by atoms with Crippen LogP contribution in [0.25, 0.3) is 0 Å². The van der Waals surface area contributed by atoms with E-state index >= 15 is 0 Å². The van der Waals surface area contributed by atoms with E-state index in [1.54, 1.807) is 27.7 Å². The van der Waals surface area contributed by atoms with Gasteiger partial charge in [0.25, 0.3) is 0 Å². The molecule has 4 N–H and O–H groups in total. The highest BCUT2D eigenvalue weighted by Crippen LogP contribution is 2.14. The number of aliphatic hydroxyl groups is 3.